The Hall–Kier alpha value is -2.11. The number of carbonyl (C=O) groups excluding carboxylic acids is 1. The lowest BCUT2D eigenvalue weighted by Gasteiger charge is -2.13. The van der Waals surface area contributed by atoms with Gasteiger partial charge in [-0.3, -0.25) is 4.79 Å². The minimum atomic E-state index is -0.874. The van der Waals surface area contributed by atoms with Crippen molar-refractivity contribution in [3.05, 3.63) is 23.9 Å². The second kappa shape index (κ2) is 6.58. The molecule has 2 N–H and O–H groups in total. The molecule has 1 aromatic heterocycles. The molecule has 1 rings (SSSR count). The first-order valence-corrected chi connectivity index (χ1v) is 5.60. The minimum absolute atomic E-state index is 0.215. The largest absolute Gasteiger partial charge is 0.481 e. The van der Waals surface area contributed by atoms with Crippen molar-refractivity contribution in [3.8, 4) is 0 Å². The molecule has 0 aliphatic heterocycles. The van der Waals surface area contributed by atoms with E-state index in [-0.39, 0.29) is 6.54 Å². The number of hydrogen-bond donors (Lipinski definition) is 2. The first-order chi connectivity index (χ1) is 8.60. The number of carboxylic acids is 1. The summed E-state index contributed by atoms with van der Waals surface area (Å²) in [5.41, 5.74) is 0.292. The molecule has 6 nitrogen and oxygen atoms in total. The molecular weight excluding hydrogens is 236 g/mol. The second-order valence-corrected chi connectivity index (χ2v) is 3.72. The number of esters is 1. The van der Waals surface area contributed by atoms with Gasteiger partial charge < -0.3 is 15.2 Å². The summed E-state index contributed by atoms with van der Waals surface area (Å²) in [6, 6.07) is 3.19. The topological polar surface area (TPSA) is 88.5 Å². The summed E-state index contributed by atoms with van der Waals surface area (Å²) in [6.07, 6.45) is 2.03. The predicted molar refractivity (Wildman–Crippen MR) is 65.5 cm³/mol. The number of methoxy groups -OCH3 is 1. The van der Waals surface area contributed by atoms with Crippen LogP contribution in [-0.2, 0) is 9.53 Å². The molecule has 0 aromatic carbocycles. The molecule has 1 unspecified atom stereocenters. The molecule has 6 heteroatoms. The summed E-state index contributed by atoms with van der Waals surface area (Å²) in [5.74, 6) is -1.56. The van der Waals surface area contributed by atoms with Gasteiger partial charge in [0.2, 0.25) is 0 Å². The van der Waals surface area contributed by atoms with Crippen molar-refractivity contribution in [2.24, 2.45) is 5.92 Å². The third-order valence-electron chi connectivity index (χ3n) is 2.57. The third kappa shape index (κ3) is 3.44. The van der Waals surface area contributed by atoms with Gasteiger partial charge in [0.05, 0.1) is 13.0 Å². The highest BCUT2D eigenvalue weighted by Crippen LogP contribution is 2.14. The van der Waals surface area contributed by atoms with Crippen molar-refractivity contribution in [2.45, 2.75) is 13.3 Å². The lowest BCUT2D eigenvalue weighted by molar-refractivity contribution is -0.141. The number of ether oxygens (including phenoxy) is 1. The molecule has 0 bridgehead atoms. The van der Waals surface area contributed by atoms with E-state index in [1.807, 2.05) is 0 Å². The maximum Gasteiger partial charge on any atom is 0.341 e. The van der Waals surface area contributed by atoms with Gasteiger partial charge >= 0.3 is 11.9 Å². The van der Waals surface area contributed by atoms with Gasteiger partial charge in [-0.15, -0.1) is 0 Å². The molecule has 0 saturated heterocycles. The van der Waals surface area contributed by atoms with Crippen LogP contribution >= 0.6 is 0 Å². The van der Waals surface area contributed by atoms with Crippen LogP contribution in [0.3, 0.4) is 0 Å². The zero-order valence-corrected chi connectivity index (χ0v) is 10.3. The Morgan fingerprint density at radius 2 is 2.28 bits per heavy atom. The summed E-state index contributed by atoms with van der Waals surface area (Å²) in [5, 5.41) is 11.8. The highest BCUT2D eigenvalue weighted by molar-refractivity contribution is 5.94. The molecule has 98 valence electrons. The van der Waals surface area contributed by atoms with Gasteiger partial charge in [-0.05, 0) is 18.6 Å². The number of nitrogens with one attached hydrogen (secondary N) is 1. The van der Waals surface area contributed by atoms with Crippen LogP contribution in [0.15, 0.2) is 18.3 Å². The number of carbonyl (C=O) groups is 2. The van der Waals surface area contributed by atoms with Gasteiger partial charge in [0.25, 0.3) is 0 Å². The Balaban J connectivity index is 2.78. The normalized spacial score (nSPS) is 11.7. The number of pyridine rings is 1. The molecule has 0 fully saturated rings. The van der Waals surface area contributed by atoms with E-state index in [4.69, 9.17) is 5.11 Å². The summed E-state index contributed by atoms with van der Waals surface area (Å²) >= 11 is 0. The quantitative estimate of drug-likeness (QED) is 0.744. The standard InChI is InChI=1S/C12H16N2O4/c1-3-8(11(15)16)7-14-10-9(12(17)18-2)5-4-6-13-10/h4-6,8H,3,7H2,1-2H3,(H,13,14)(H,15,16). The Morgan fingerprint density at radius 1 is 1.56 bits per heavy atom. The van der Waals surface area contributed by atoms with Crippen molar-refractivity contribution in [3.63, 3.8) is 0 Å². The Kier molecular flexibility index (Phi) is 5.10. The van der Waals surface area contributed by atoms with Gasteiger partial charge in [0.15, 0.2) is 0 Å². The maximum atomic E-state index is 11.5. The monoisotopic (exact) mass is 252 g/mol. The van der Waals surface area contributed by atoms with E-state index in [2.05, 4.69) is 15.0 Å². The fourth-order valence-corrected chi connectivity index (χ4v) is 1.45. The Bertz CT molecular complexity index is 434. The number of rotatable bonds is 6. The highest BCUT2D eigenvalue weighted by Gasteiger charge is 2.17. The summed E-state index contributed by atoms with van der Waals surface area (Å²) in [7, 11) is 1.28. The van der Waals surface area contributed by atoms with Crippen molar-refractivity contribution in [1.82, 2.24) is 4.98 Å². The van der Waals surface area contributed by atoms with Crippen LogP contribution in [-0.4, -0.2) is 35.7 Å². The summed E-state index contributed by atoms with van der Waals surface area (Å²) in [6.45, 7) is 2.01. The average molecular weight is 252 g/mol. The minimum Gasteiger partial charge on any atom is -0.481 e. The number of nitrogens with zero attached hydrogens (tertiary/aromatic N) is 1. The summed E-state index contributed by atoms with van der Waals surface area (Å²) < 4.78 is 4.62. The van der Waals surface area contributed by atoms with Crippen molar-refractivity contribution >= 4 is 17.8 Å². The van der Waals surface area contributed by atoms with E-state index in [1.165, 1.54) is 13.3 Å². The van der Waals surface area contributed by atoms with Crippen LogP contribution < -0.4 is 5.32 Å². The maximum absolute atomic E-state index is 11.5. The SMILES string of the molecule is CCC(CNc1ncccc1C(=O)OC)C(=O)O. The molecule has 0 radical (unpaired) electrons. The smallest absolute Gasteiger partial charge is 0.341 e. The number of aliphatic carboxylic acids is 1. The molecule has 0 aliphatic rings. The molecular formula is C12H16N2O4. The van der Waals surface area contributed by atoms with E-state index in [9.17, 15) is 9.59 Å². The molecule has 0 spiro atoms. The molecule has 1 heterocycles. The van der Waals surface area contributed by atoms with E-state index in [0.29, 0.717) is 17.8 Å². The van der Waals surface area contributed by atoms with Gasteiger partial charge in [-0.1, -0.05) is 6.92 Å². The molecule has 0 saturated carbocycles. The Morgan fingerprint density at radius 3 is 2.83 bits per heavy atom. The van der Waals surface area contributed by atoms with E-state index >= 15 is 0 Å². The van der Waals surface area contributed by atoms with Gasteiger partial charge in [0, 0.05) is 12.7 Å². The van der Waals surface area contributed by atoms with Crippen LogP contribution in [0, 0.1) is 5.92 Å². The first kappa shape index (κ1) is 14.0. The molecule has 0 amide bonds. The zero-order chi connectivity index (χ0) is 13.5. The number of anilines is 1. The molecule has 1 aromatic rings. The van der Waals surface area contributed by atoms with Crippen molar-refractivity contribution in [1.29, 1.82) is 0 Å². The number of hydrogen-bond acceptors (Lipinski definition) is 5. The Labute approximate surface area is 105 Å². The fourth-order valence-electron chi connectivity index (χ4n) is 1.45. The van der Waals surface area contributed by atoms with Crippen LogP contribution in [0.2, 0.25) is 0 Å². The lowest BCUT2D eigenvalue weighted by Crippen LogP contribution is -2.23. The summed E-state index contributed by atoms with van der Waals surface area (Å²) in [4.78, 5) is 26.3. The molecule has 1 atom stereocenters. The zero-order valence-electron chi connectivity index (χ0n) is 10.3. The van der Waals surface area contributed by atoms with Crippen LogP contribution in [0.1, 0.15) is 23.7 Å². The first-order valence-electron chi connectivity index (χ1n) is 5.60. The van der Waals surface area contributed by atoms with Gasteiger partial charge in [-0.25, -0.2) is 9.78 Å². The van der Waals surface area contributed by atoms with Crippen molar-refractivity contribution < 1.29 is 19.4 Å². The molecule has 18 heavy (non-hydrogen) atoms. The van der Waals surface area contributed by atoms with Crippen LogP contribution in [0.25, 0.3) is 0 Å². The van der Waals surface area contributed by atoms with E-state index in [0.717, 1.165) is 0 Å². The fraction of sp³-hybridized carbons (Fsp3) is 0.417. The number of carboxylic acid groups (broad SMARTS) is 1. The second-order valence-electron chi connectivity index (χ2n) is 3.72. The van der Waals surface area contributed by atoms with E-state index in [1.54, 1.807) is 19.1 Å². The van der Waals surface area contributed by atoms with Crippen LogP contribution in [0.4, 0.5) is 5.82 Å². The van der Waals surface area contributed by atoms with Crippen LogP contribution in [0.5, 0.6) is 0 Å². The predicted octanol–water partition coefficient (Wildman–Crippen LogP) is 1.39. The van der Waals surface area contributed by atoms with Gasteiger partial charge in [-0.2, -0.15) is 0 Å². The average Bonchev–Trinajstić information content (AvgIpc) is 2.38. The third-order valence-corrected chi connectivity index (χ3v) is 2.57. The van der Waals surface area contributed by atoms with Crippen molar-refractivity contribution in [2.75, 3.05) is 19.0 Å². The van der Waals surface area contributed by atoms with E-state index < -0.39 is 17.9 Å². The molecule has 0 aliphatic carbocycles. The highest BCUT2D eigenvalue weighted by atomic mass is 16.5. The van der Waals surface area contributed by atoms with Gasteiger partial charge in [0.1, 0.15) is 11.4 Å². The lowest BCUT2D eigenvalue weighted by atomic mass is 10.1. The number of aromatic nitrogens is 1.